The zero-order chi connectivity index (χ0) is 25.1. The molecule has 1 fully saturated rings. The number of nitrogens with two attached hydrogens (primary N) is 1. The van der Waals surface area contributed by atoms with Crippen LogP contribution in [-0.4, -0.2) is 55.8 Å². The molecule has 2 aromatic carbocycles. The molecule has 0 atom stereocenters. The van der Waals surface area contributed by atoms with Crippen LogP contribution in [0.5, 0.6) is 11.5 Å². The summed E-state index contributed by atoms with van der Waals surface area (Å²) in [5, 5.41) is 2.93. The largest absolute Gasteiger partial charge is 0.493 e. The summed E-state index contributed by atoms with van der Waals surface area (Å²) in [4.78, 5) is 15.7. The quantitative estimate of drug-likeness (QED) is 0.364. The topological polar surface area (TPSA) is 76.7 Å². The number of likely N-dealkylation sites (tertiary alicyclic amines) is 1. The van der Waals surface area contributed by atoms with Crippen LogP contribution < -0.4 is 20.1 Å². The molecule has 0 spiro atoms. The molecule has 0 unspecified atom stereocenters. The van der Waals surface area contributed by atoms with Gasteiger partial charge in [0.15, 0.2) is 11.5 Å². The van der Waals surface area contributed by atoms with Crippen molar-refractivity contribution in [3.05, 3.63) is 70.4 Å². The molecule has 1 aliphatic heterocycles. The summed E-state index contributed by atoms with van der Waals surface area (Å²) in [6.07, 6.45) is 2.16. The van der Waals surface area contributed by atoms with Gasteiger partial charge in [-0.1, -0.05) is 36.4 Å². The molecule has 0 amide bonds. The van der Waals surface area contributed by atoms with E-state index in [0.29, 0.717) is 23.3 Å². The Morgan fingerprint density at radius 3 is 2.39 bits per heavy atom. The highest BCUT2D eigenvalue weighted by atomic mass is 32.1. The van der Waals surface area contributed by atoms with Crippen molar-refractivity contribution >= 4 is 34.0 Å². The Balaban J connectivity index is 1.39. The number of hydrogen-bond donors (Lipinski definition) is 1. The molecule has 4 aromatic rings. The van der Waals surface area contributed by atoms with Crippen LogP contribution in [0.2, 0.25) is 0 Å². The highest BCUT2D eigenvalue weighted by Gasteiger charge is 2.38. The maximum absolute atomic E-state index is 6.38. The maximum atomic E-state index is 6.38. The Hall–Kier alpha value is -3.36. The Kier molecular flexibility index (Phi) is 6.98. The number of thiophene rings is 1. The predicted molar refractivity (Wildman–Crippen MR) is 147 cm³/mol. The number of aromatic nitrogens is 2. The molecule has 36 heavy (non-hydrogen) atoms. The third-order valence-corrected chi connectivity index (χ3v) is 8.32. The van der Waals surface area contributed by atoms with Gasteiger partial charge in [-0.2, -0.15) is 4.98 Å². The molecule has 0 saturated carbocycles. The van der Waals surface area contributed by atoms with Gasteiger partial charge in [0.2, 0.25) is 5.95 Å². The van der Waals surface area contributed by atoms with E-state index in [0.717, 1.165) is 49.9 Å². The zero-order valence-corrected chi connectivity index (χ0v) is 21.9. The number of methoxy groups -OCH3 is 2. The summed E-state index contributed by atoms with van der Waals surface area (Å²) in [5.74, 6) is 2.29. The van der Waals surface area contributed by atoms with Crippen LogP contribution in [0.15, 0.2) is 60.0 Å². The van der Waals surface area contributed by atoms with Crippen molar-refractivity contribution in [2.45, 2.75) is 24.8 Å². The van der Waals surface area contributed by atoms with Gasteiger partial charge >= 0.3 is 0 Å². The summed E-state index contributed by atoms with van der Waals surface area (Å²) in [5.41, 5.74) is 8.53. The normalized spacial score (nSPS) is 15.6. The van der Waals surface area contributed by atoms with Gasteiger partial charge in [-0.15, -0.1) is 11.3 Å². The van der Waals surface area contributed by atoms with E-state index in [-0.39, 0.29) is 5.41 Å². The van der Waals surface area contributed by atoms with E-state index < -0.39 is 0 Å². The number of benzene rings is 2. The average Bonchev–Trinajstić information content (AvgIpc) is 3.46. The van der Waals surface area contributed by atoms with Gasteiger partial charge in [0, 0.05) is 41.9 Å². The molecule has 7 nitrogen and oxygen atoms in total. The number of rotatable bonds is 8. The maximum Gasteiger partial charge on any atom is 0.227 e. The summed E-state index contributed by atoms with van der Waals surface area (Å²) in [7, 11) is 5.29. The number of fused-ring (bicyclic) bond motifs is 1. The molecule has 1 aliphatic rings. The SMILES string of the molecule is COc1cc2nc(N(C)CC3(c4cccs4)CCN(Cc4ccccc4)CC3)nc(N)c2cc1OC. The monoisotopic (exact) mass is 503 g/mol. The van der Waals surface area contributed by atoms with Crippen LogP contribution in [0, 0.1) is 0 Å². The number of piperidine rings is 1. The smallest absolute Gasteiger partial charge is 0.227 e. The summed E-state index contributed by atoms with van der Waals surface area (Å²) in [6.45, 7) is 3.93. The van der Waals surface area contributed by atoms with Crippen molar-refractivity contribution < 1.29 is 9.47 Å². The van der Waals surface area contributed by atoms with Crippen molar-refractivity contribution in [1.29, 1.82) is 0 Å². The van der Waals surface area contributed by atoms with E-state index >= 15 is 0 Å². The minimum absolute atomic E-state index is 0.0424. The third kappa shape index (κ3) is 4.83. The molecule has 2 N–H and O–H groups in total. The second-order valence-corrected chi connectivity index (χ2v) is 10.5. The Labute approximate surface area is 216 Å². The third-order valence-electron chi connectivity index (χ3n) is 7.21. The number of ether oxygens (including phenoxy) is 2. The summed E-state index contributed by atoms with van der Waals surface area (Å²) >= 11 is 1.84. The summed E-state index contributed by atoms with van der Waals surface area (Å²) < 4.78 is 10.9. The highest BCUT2D eigenvalue weighted by molar-refractivity contribution is 7.10. The second kappa shape index (κ2) is 10.3. The standard InChI is InChI=1S/C28H33N5O2S/c1-32(27-30-22-17-24(35-3)23(34-2)16-21(22)26(29)31-27)19-28(25-10-7-15-36-25)11-13-33(14-12-28)18-20-8-5-4-6-9-20/h4-10,15-17H,11-14,18-19H2,1-3H3,(H2,29,30,31). The van der Waals surface area contributed by atoms with E-state index in [4.69, 9.17) is 20.2 Å². The lowest BCUT2D eigenvalue weighted by Crippen LogP contribution is -2.48. The van der Waals surface area contributed by atoms with Crippen molar-refractivity contribution in [2.75, 3.05) is 51.5 Å². The van der Waals surface area contributed by atoms with E-state index in [1.807, 2.05) is 23.5 Å². The minimum Gasteiger partial charge on any atom is -0.493 e. The molecule has 1 saturated heterocycles. The first-order valence-electron chi connectivity index (χ1n) is 12.2. The van der Waals surface area contributed by atoms with Crippen LogP contribution in [0.1, 0.15) is 23.3 Å². The molecule has 0 aliphatic carbocycles. The molecule has 8 heteroatoms. The fourth-order valence-corrected chi connectivity index (χ4v) is 6.19. The number of likely N-dealkylation sites (N-methyl/N-ethyl adjacent to an activating group) is 1. The molecular formula is C28H33N5O2S. The molecule has 2 aromatic heterocycles. The molecule has 0 radical (unpaired) electrons. The fourth-order valence-electron chi connectivity index (χ4n) is 5.21. The first-order chi connectivity index (χ1) is 17.5. The van der Waals surface area contributed by atoms with Crippen molar-refractivity contribution in [3.63, 3.8) is 0 Å². The summed E-state index contributed by atoms with van der Waals surface area (Å²) in [6, 6.07) is 18.9. The zero-order valence-electron chi connectivity index (χ0n) is 21.1. The fraction of sp³-hybridized carbons (Fsp3) is 0.357. The van der Waals surface area contributed by atoms with Gasteiger partial charge < -0.3 is 20.1 Å². The van der Waals surface area contributed by atoms with E-state index in [1.54, 1.807) is 14.2 Å². The highest BCUT2D eigenvalue weighted by Crippen LogP contribution is 2.40. The number of hydrogen-bond acceptors (Lipinski definition) is 8. The Morgan fingerprint density at radius 1 is 1.00 bits per heavy atom. The molecule has 0 bridgehead atoms. The molecule has 188 valence electrons. The van der Waals surface area contributed by atoms with Crippen LogP contribution in [-0.2, 0) is 12.0 Å². The van der Waals surface area contributed by atoms with Gasteiger partial charge in [-0.05, 0) is 49.0 Å². The lowest BCUT2D eigenvalue weighted by Gasteiger charge is -2.43. The Bertz CT molecular complexity index is 1300. The van der Waals surface area contributed by atoms with Gasteiger partial charge in [-0.3, -0.25) is 4.90 Å². The van der Waals surface area contributed by atoms with Crippen LogP contribution >= 0.6 is 11.3 Å². The van der Waals surface area contributed by atoms with Crippen LogP contribution in [0.4, 0.5) is 11.8 Å². The predicted octanol–water partition coefficient (Wildman–Crippen LogP) is 4.96. The van der Waals surface area contributed by atoms with E-state index in [2.05, 4.69) is 69.7 Å². The molecule has 3 heterocycles. The van der Waals surface area contributed by atoms with Crippen LogP contribution in [0.3, 0.4) is 0 Å². The molecule has 5 rings (SSSR count). The minimum atomic E-state index is 0.0424. The van der Waals surface area contributed by atoms with Crippen molar-refractivity contribution in [1.82, 2.24) is 14.9 Å². The van der Waals surface area contributed by atoms with Gasteiger partial charge in [0.05, 0.1) is 19.7 Å². The number of nitrogens with zero attached hydrogens (tertiary/aromatic N) is 4. The average molecular weight is 504 g/mol. The van der Waals surface area contributed by atoms with E-state index in [1.165, 1.54) is 10.4 Å². The first kappa shape index (κ1) is 24.3. The number of nitrogen functional groups attached to an aromatic ring is 1. The van der Waals surface area contributed by atoms with Gasteiger partial charge in [0.25, 0.3) is 0 Å². The lowest BCUT2D eigenvalue weighted by atomic mass is 9.76. The first-order valence-corrected chi connectivity index (χ1v) is 13.1. The lowest BCUT2D eigenvalue weighted by molar-refractivity contribution is 0.157. The van der Waals surface area contributed by atoms with Crippen molar-refractivity contribution in [3.8, 4) is 11.5 Å². The number of anilines is 2. The van der Waals surface area contributed by atoms with Gasteiger partial charge in [-0.25, -0.2) is 4.98 Å². The van der Waals surface area contributed by atoms with Gasteiger partial charge in [0.1, 0.15) is 5.82 Å². The van der Waals surface area contributed by atoms with Crippen LogP contribution in [0.25, 0.3) is 10.9 Å². The van der Waals surface area contributed by atoms with Crippen molar-refractivity contribution in [2.24, 2.45) is 0 Å². The van der Waals surface area contributed by atoms with E-state index in [9.17, 15) is 0 Å². The second-order valence-electron chi connectivity index (χ2n) is 9.51. The molecular weight excluding hydrogens is 470 g/mol. The Morgan fingerprint density at radius 2 is 1.72 bits per heavy atom.